The van der Waals surface area contributed by atoms with E-state index in [1.807, 2.05) is 36.4 Å². The van der Waals surface area contributed by atoms with E-state index in [1.54, 1.807) is 12.3 Å². The molecular formula is C23H23N3O4. The lowest BCUT2D eigenvalue weighted by Gasteiger charge is -2.31. The standard InChI is InChI=1S/C23H23N3O4/c27-22(17-5-6-20-21(13-17)30-12-11-29-20)16-7-9-25(10-8-16)15-26-23(28)19-4-2-1-3-18(19)14-24-26/h1-6,13-14,16H,7-12,15H2. The van der Waals surface area contributed by atoms with E-state index in [-0.39, 0.29) is 17.3 Å². The number of likely N-dealkylation sites (tertiary alicyclic amines) is 1. The average molecular weight is 405 g/mol. The minimum Gasteiger partial charge on any atom is -0.486 e. The number of ketones is 1. The summed E-state index contributed by atoms with van der Waals surface area (Å²) in [6.45, 7) is 2.98. The van der Waals surface area contributed by atoms with Gasteiger partial charge in [0.05, 0.1) is 18.3 Å². The largest absolute Gasteiger partial charge is 0.486 e. The molecule has 0 aliphatic carbocycles. The lowest BCUT2D eigenvalue weighted by Crippen LogP contribution is -2.40. The summed E-state index contributed by atoms with van der Waals surface area (Å²) in [7, 11) is 0. The maximum Gasteiger partial charge on any atom is 0.275 e. The van der Waals surface area contributed by atoms with Crippen LogP contribution < -0.4 is 15.0 Å². The van der Waals surface area contributed by atoms with Crippen molar-refractivity contribution in [2.75, 3.05) is 26.3 Å². The van der Waals surface area contributed by atoms with E-state index in [9.17, 15) is 9.59 Å². The highest BCUT2D eigenvalue weighted by atomic mass is 16.6. The number of aromatic nitrogens is 2. The van der Waals surface area contributed by atoms with Crippen LogP contribution in [-0.4, -0.2) is 46.8 Å². The van der Waals surface area contributed by atoms with Crippen molar-refractivity contribution in [3.05, 3.63) is 64.6 Å². The van der Waals surface area contributed by atoms with Gasteiger partial charge in [-0.2, -0.15) is 5.10 Å². The number of ether oxygens (including phenoxy) is 2. The molecule has 0 saturated carbocycles. The van der Waals surface area contributed by atoms with Crippen molar-refractivity contribution in [3.8, 4) is 11.5 Å². The number of hydrogen-bond donors (Lipinski definition) is 0. The van der Waals surface area contributed by atoms with Crippen molar-refractivity contribution >= 4 is 16.6 Å². The van der Waals surface area contributed by atoms with E-state index >= 15 is 0 Å². The molecule has 3 heterocycles. The first kappa shape index (κ1) is 18.8. The van der Waals surface area contributed by atoms with Crippen molar-refractivity contribution in [1.82, 2.24) is 14.7 Å². The molecule has 2 aliphatic rings. The number of Topliss-reactive ketones (excluding diaryl/α,β-unsaturated/α-hetero) is 1. The molecule has 1 aromatic heterocycles. The molecular weight excluding hydrogens is 382 g/mol. The molecule has 2 aliphatic heterocycles. The van der Waals surface area contributed by atoms with Crippen LogP contribution >= 0.6 is 0 Å². The van der Waals surface area contributed by atoms with Gasteiger partial charge in [-0.05, 0) is 37.1 Å². The fourth-order valence-electron chi connectivity index (χ4n) is 4.19. The van der Waals surface area contributed by atoms with Crippen LogP contribution in [0.2, 0.25) is 0 Å². The average Bonchev–Trinajstić information content (AvgIpc) is 2.81. The molecule has 1 saturated heterocycles. The third-order valence-electron chi connectivity index (χ3n) is 5.88. The van der Waals surface area contributed by atoms with E-state index in [1.165, 1.54) is 4.68 Å². The molecule has 0 N–H and O–H groups in total. The zero-order valence-electron chi connectivity index (χ0n) is 16.6. The summed E-state index contributed by atoms with van der Waals surface area (Å²) in [4.78, 5) is 27.8. The highest BCUT2D eigenvalue weighted by molar-refractivity contribution is 5.98. The van der Waals surface area contributed by atoms with Gasteiger partial charge < -0.3 is 9.47 Å². The Morgan fingerprint density at radius 3 is 2.63 bits per heavy atom. The van der Waals surface area contributed by atoms with Gasteiger partial charge in [-0.1, -0.05) is 18.2 Å². The first-order valence-electron chi connectivity index (χ1n) is 10.3. The predicted molar refractivity (Wildman–Crippen MR) is 112 cm³/mol. The summed E-state index contributed by atoms with van der Waals surface area (Å²) in [5.41, 5.74) is 0.590. The van der Waals surface area contributed by atoms with E-state index < -0.39 is 0 Å². The van der Waals surface area contributed by atoms with Gasteiger partial charge in [0.2, 0.25) is 0 Å². The molecule has 7 heteroatoms. The van der Waals surface area contributed by atoms with Crippen LogP contribution in [0.15, 0.2) is 53.5 Å². The minimum absolute atomic E-state index is 0.0231. The molecule has 154 valence electrons. The van der Waals surface area contributed by atoms with Crippen LogP contribution in [0.25, 0.3) is 10.8 Å². The van der Waals surface area contributed by atoms with Crippen LogP contribution in [0.4, 0.5) is 0 Å². The molecule has 2 aromatic carbocycles. The summed E-state index contributed by atoms with van der Waals surface area (Å²) in [6, 6.07) is 12.9. The number of hydrogen-bond acceptors (Lipinski definition) is 6. The quantitative estimate of drug-likeness (QED) is 0.622. The number of benzene rings is 2. The van der Waals surface area contributed by atoms with Gasteiger partial charge in [0.25, 0.3) is 5.56 Å². The van der Waals surface area contributed by atoms with Crippen molar-refractivity contribution < 1.29 is 14.3 Å². The molecule has 7 nitrogen and oxygen atoms in total. The number of nitrogens with zero attached hydrogens (tertiary/aromatic N) is 3. The summed E-state index contributed by atoms with van der Waals surface area (Å²) in [6.07, 6.45) is 3.25. The molecule has 0 bridgehead atoms. The molecule has 5 rings (SSSR count). The number of carbonyl (C=O) groups excluding carboxylic acids is 1. The highest BCUT2D eigenvalue weighted by Gasteiger charge is 2.27. The first-order chi connectivity index (χ1) is 14.7. The molecule has 0 atom stereocenters. The molecule has 3 aromatic rings. The lowest BCUT2D eigenvalue weighted by atomic mass is 9.89. The summed E-state index contributed by atoms with van der Waals surface area (Å²) in [5, 5.41) is 5.84. The Bertz CT molecular complexity index is 1150. The Hall–Kier alpha value is -3.19. The predicted octanol–water partition coefficient (Wildman–Crippen LogP) is 2.72. The van der Waals surface area contributed by atoms with Gasteiger partial charge in [-0.3, -0.25) is 14.5 Å². The maximum atomic E-state index is 13.0. The van der Waals surface area contributed by atoms with Gasteiger partial charge in [0.1, 0.15) is 13.2 Å². The first-order valence-corrected chi connectivity index (χ1v) is 10.3. The van der Waals surface area contributed by atoms with E-state index in [0.29, 0.717) is 42.3 Å². The molecule has 0 radical (unpaired) electrons. The second-order valence-corrected chi connectivity index (χ2v) is 7.79. The van der Waals surface area contributed by atoms with Gasteiger partial charge in [-0.25, -0.2) is 4.68 Å². The monoisotopic (exact) mass is 405 g/mol. The minimum atomic E-state index is -0.0809. The van der Waals surface area contributed by atoms with Crippen LogP contribution in [0.5, 0.6) is 11.5 Å². The van der Waals surface area contributed by atoms with Crippen LogP contribution in [0, 0.1) is 5.92 Å². The zero-order valence-corrected chi connectivity index (χ0v) is 16.6. The normalized spacial score (nSPS) is 17.2. The molecule has 0 spiro atoms. The second-order valence-electron chi connectivity index (χ2n) is 7.79. The Morgan fingerprint density at radius 2 is 1.80 bits per heavy atom. The third-order valence-corrected chi connectivity index (χ3v) is 5.88. The Kier molecular flexibility index (Phi) is 4.96. The summed E-state index contributed by atoms with van der Waals surface area (Å²) in [5.74, 6) is 1.46. The second kappa shape index (κ2) is 7.91. The van der Waals surface area contributed by atoms with Crippen molar-refractivity contribution in [2.24, 2.45) is 5.92 Å². The van der Waals surface area contributed by atoms with Crippen LogP contribution in [0.1, 0.15) is 23.2 Å². The topological polar surface area (TPSA) is 73.7 Å². The van der Waals surface area contributed by atoms with Crippen molar-refractivity contribution in [2.45, 2.75) is 19.5 Å². The summed E-state index contributed by atoms with van der Waals surface area (Å²) >= 11 is 0. The number of rotatable bonds is 4. The number of carbonyl (C=O) groups is 1. The van der Waals surface area contributed by atoms with E-state index in [0.717, 1.165) is 31.3 Å². The Labute approximate surface area is 173 Å². The zero-order chi connectivity index (χ0) is 20.5. The Balaban J connectivity index is 1.24. The van der Waals surface area contributed by atoms with E-state index in [4.69, 9.17) is 9.47 Å². The van der Waals surface area contributed by atoms with Gasteiger partial charge in [0.15, 0.2) is 17.3 Å². The number of fused-ring (bicyclic) bond motifs is 2. The SMILES string of the molecule is O=C(c1ccc2c(c1)OCCO2)C1CCN(Cn2ncc3ccccc3c2=O)CC1. The molecule has 30 heavy (non-hydrogen) atoms. The van der Waals surface area contributed by atoms with E-state index in [2.05, 4.69) is 10.00 Å². The number of piperidine rings is 1. The molecule has 0 amide bonds. The fraction of sp³-hybridized carbons (Fsp3) is 0.348. The highest BCUT2D eigenvalue weighted by Crippen LogP contribution is 2.32. The van der Waals surface area contributed by atoms with Crippen molar-refractivity contribution in [3.63, 3.8) is 0 Å². The lowest BCUT2D eigenvalue weighted by molar-refractivity contribution is 0.0801. The van der Waals surface area contributed by atoms with Crippen molar-refractivity contribution in [1.29, 1.82) is 0 Å². The molecule has 0 unspecified atom stereocenters. The van der Waals surface area contributed by atoms with Gasteiger partial charge in [0, 0.05) is 30.0 Å². The van der Waals surface area contributed by atoms with Gasteiger partial charge >= 0.3 is 0 Å². The van der Waals surface area contributed by atoms with Crippen LogP contribution in [0.3, 0.4) is 0 Å². The third kappa shape index (κ3) is 3.57. The summed E-state index contributed by atoms with van der Waals surface area (Å²) < 4.78 is 12.6. The van der Waals surface area contributed by atoms with Gasteiger partial charge in [-0.15, -0.1) is 0 Å². The fourth-order valence-corrected chi connectivity index (χ4v) is 4.19. The Morgan fingerprint density at radius 1 is 1.03 bits per heavy atom. The van der Waals surface area contributed by atoms with Crippen LogP contribution in [-0.2, 0) is 6.67 Å². The maximum absolute atomic E-state index is 13.0. The molecule has 1 fully saturated rings. The smallest absolute Gasteiger partial charge is 0.275 e.